The molecule has 0 bridgehead atoms. The molecule has 0 fully saturated rings. The van der Waals surface area contributed by atoms with Crippen LogP contribution in [0.15, 0.2) is 24.3 Å². The molecule has 1 aromatic rings. The number of nitrogens with zero attached hydrogens (tertiary/aromatic N) is 1. The summed E-state index contributed by atoms with van der Waals surface area (Å²) in [5.74, 6) is 1.79. The van der Waals surface area contributed by atoms with Gasteiger partial charge in [0.2, 0.25) is 0 Å². The average molecular weight is 350 g/mol. The van der Waals surface area contributed by atoms with Gasteiger partial charge in [0.1, 0.15) is 18.5 Å². The number of hydrogen-bond donors (Lipinski definition) is 1. The molecular formula is C17H29Cl2NO2. The number of rotatable bonds is 9. The minimum absolute atomic E-state index is 0. The van der Waals surface area contributed by atoms with E-state index in [0.717, 1.165) is 13.1 Å². The van der Waals surface area contributed by atoms with Crippen molar-refractivity contribution >= 4 is 24.0 Å². The highest BCUT2D eigenvalue weighted by molar-refractivity contribution is 6.32. The lowest BCUT2D eigenvalue weighted by Gasteiger charge is -2.28. The van der Waals surface area contributed by atoms with Crippen LogP contribution in [0.25, 0.3) is 0 Å². The first kappa shape index (κ1) is 21.5. The van der Waals surface area contributed by atoms with Crippen molar-refractivity contribution in [3.05, 3.63) is 29.3 Å². The molecule has 5 heteroatoms. The summed E-state index contributed by atoms with van der Waals surface area (Å²) in [4.78, 5) is 2.30. The van der Waals surface area contributed by atoms with Gasteiger partial charge in [-0.05, 0) is 24.0 Å². The number of hydrogen-bond acceptors (Lipinski definition) is 3. The topological polar surface area (TPSA) is 32.7 Å². The van der Waals surface area contributed by atoms with E-state index in [-0.39, 0.29) is 19.0 Å². The van der Waals surface area contributed by atoms with Gasteiger partial charge in [-0.3, -0.25) is 0 Å². The van der Waals surface area contributed by atoms with Crippen molar-refractivity contribution in [2.75, 3.05) is 26.2 Å². The molecule has 0 aliphatic carbocycles. The standard InChI is InChI=1S/C17H28ClNO2.ClH/c1-13(2)9-19(10-14(3)4)11-15(20)12-21-17-8-6-5-7-16(17)18;/h5-8,13-15,20H,9-12H2,1-4H3;1H. The molecule has 0 radical (unpaired) electrons. The quantitative estimate of drug-likeness (QED) is 0.727. The maximum atomic E-state index is 10.2. The molecule has 0 aromatic heterocycles. The van der Waals surface area contributed by atoms with Crippen LogP contribution < -0.4 is 4.74 Å². The number of ether oxygens (including phenoxy) is 1. The van der Waals surface area contributed by atoms with Crippen LogP contribution in [0.1, 0.15) is 27.7 Å². The van der Waals surface area contributed by atoms with Crippen molar-refractivity contribution in [2.45, 2.75) is 33.8 Å². The van der Waals surface area contributed by atoms with E-state index in [9.17, 15) is 5.11 Å². The van der Waals surface area contributed by atoms with Crippen molar-refractivity contribution in [3.8, 4) is 5.75 Å². The third-order valence-electron chi connectivity index (χ3n) is 2.98. The van der Waals surface area contributed by atoms with Gasteiger partial charge in [0.25, 0.3) is 0 Å². The Morgan fingerprint density at radius 3 is 2.09 bits per heavy atom. The van der Waals surface area contributed by atoms with Gasteiger partial charge in [0.05, 0.1) is 5.02 Å². The Balaban J connectivity index is 0.00000441. The lowest BCUT2D eigenvalue weighted by Crippen LogP contribution is -2.39. The Labute approximate surface area is 146 Å². The van der Waals surface area contributed by atoms with Crippen LogP contribution in [0, 0.1) is 11.8 Å². The number of aliphatic hydroxyl groups excluding tert-OH is 1. The molecule has 1 N–H and O–H groups in total. The molecule has 128 valence electrons. The van der Waals surface area contributed by atoms with Crippen LogP contribution in [0.5, 0.6) is 5.75 Å². The molecule has 1 aromatic carbocycles. The average Bonchev–Trinajstić information content (AvgIpc) is 2.36. The molecular weight excluding hydrogens is 321 g/mol. The predicted molar refractivity (Wildman–Crippen MR) is 96.3 cm³/mol. The van der Waals surface area contributed by atoms with Gasteiger partial charge in [-0.1, -0.05) is 51.4 Å². The predicted octanol–water partition coefficient (Wildman–Crippen LogP) is 4.12. The number of halogens is 2. The van der Waals surface area contributed by atoms with Crippen LogP contribution in [-0.2, 0) is 0 Å². The lowest BCUT2D eigenvalue weighted by atomic mass is 10.1. The molecule has 1 unspecified atom stereocenters. The highest BCUT2D eigenvalue weighted by Crippen LogP contribution is 2.23. The summed E-state index contributed by atoms with van der Waals surface area (Å²) < 4.78 is 5.60. The second-order valence-corrected chi connectivity index (χ2v) is 6.81. The second kappa shape index (κ2) is 11.1. The molecule has 0 heterocycles. The highest BCUT2D eigenvalue weighted by Gasteiger charge is 2.15. The third kappa shape index (κ3) is 8.84. The van der Waals surface area contributed by atoms with Crippen molar-refractivity contribution < 1.29 is 9.84 Å². The monoisotopic (exact) mass is 349 g/mol. The van der Waals surface area contributed by atoms with E-state index in [1.807, 2.05) is 18.2 Å². The first-order chi connectivity index (χ1) is 9.88. The highest BCUT2D eigenvalue weighted by atomic mass is 35.5. The normalized spacial score (nSPS) is 12.6. The first-order valence-electron chi connectivity index (χ1n) is 7.66. The molecule has 0 amide bonds. The summed E-state index contributed by atoms with van der Waals surface area (Å²) in [7, 11) is 0. The fourth-order valence-corrected chi connectivity index (χ4v) is 2.55. The third-order valence-corrected chi connectivity index (χ3v) is 3.30. The first-order valence-corrected chi connectivity index (χ1v) is 8.04. The summed E-state index contributed by atoms with van der Waals surface area (Å²) in [6, 6.07) is 7.33. The summed E-state index contributed by atoms with van der Waals surface area (Å²) >= 11 is 6.03. The Hall–Kier alpha value is -0.480. The van der Waals surface area contributed by atoms with E-state index in [1.165, 1.54) is 0 Å². The Morgan fingerprint density at radius 1 is 1.05 bits per heavy atom. The van der Waals surface area contributed by atoms with Crippen LogP contribution in [0.4, 0.5) is 0 Å². The van der Waals surface area contributed by atoms with Crippen LogP contribution in [-0.4, -0.2) is 42.4 Å². The molecule has 1 atom stereocenters. The van der Waals surface area contributed by atoms with E-state index in [1.54, 1.807) is 6.07 Å². The number of aliphatic hydroxyl groups is 1. The molecule has 0 aliphatic rings. The van der Waals surface area contributed by atoms with Gasteiger partial charge in [-0.2, -0.15) is 0 Å². The van der Waals surface area contributed by atoms with Gasteiger partial charge in [0.15, 0.2) is 0 Å². The van der Waals surface area contributed by atoms with Gasteiger partial charge >= 0.3 is 0 Å². The van der Waals surface area contributed by atoms with E-state index in [4.69, 9.17) is 16.3 Å². The minimum Gasteiger partial charge on any atom is -0.489 e. The molecule has 1 rings (SSSR count). The van der Waals surface area contributed by atoms with Crippen LogP contribution in [0.3, 0.4) is 0 Å². The van der Waals surface area contributed by atoms with E-state index in [2.05, 4.69) is 32.6 Å². The van der Waals surface area contributed by atoms with Gasteiger partial charge in [-0.15, -0.1) is 12.4 Å². The fourth-order valence-electron chi connectivity index (χ4n) is 2.35. The molecule has 3 nitrogen and oxygen atoms in total. The number of para-hydroxylation sites is 1. The Bertz CT molecular complexity index is 403. The van der Waals surface area contributed by atoms with Gasteiger partial charge in [-0.25, -0.2) is 0 Å². The smallest absolute Gasteiger partial charge is 0.138 e. The van der Waals surface area contributed by atoms with Gasteiger partial charge in [0, 0.05) is 19.6 Å². The minimum atomic E-state index is -0.515. The van der Waals surface area contributed by atoms with E-state index in [0.29, 0.717) is 29.2 Å². The van der Waals surface area contributed by atoms with E-state index >= 15 is 0 Å². The maximum absolute atomic E-state index is 10.2. The summed E-state index contributed by atoms with van der Waals surface area (Å²) in [6.07, 6.45) is -0.515. The summed E-state index contributed by atoms with van der Waals surface area (Å²) in [5, 5.41) is 10.8. The molecule has 0 saturated heterocycles. The van der Waals surface area contributed by atoms with Gasteiger partial charge < -0.3 is 14.7 Å². The van der Waals surface area contributed by atoms with E-state index < -0.39 is 6.10 Å². The van der Waals surface area contributed by atoms with Crippen molar-refractivity contribution in [3.63, 3.8) is 0 Å². The second-order valence-electron chi connectivity index (χ2n) is 6.40. The zero-order valence-corrected chi connectivity index (χ0v) is 15.5. The fraction of sp³-hybridized carbons (Fsp3) is 0.647. The van der Waals surface area contributed by atoms with Crippen LogP contribution in [0.2, 0.25) is 5.02 Å². The van der Waals surface area contributed by atoms with Crippen molar-refractivity contribution in [2.24, 2.45) is 11.8 Å². The zero-order chi connectivity index (χ0) is 15.8. The molecule has 0 aliphatic heterocycles. The number of benzene rings is 1. The van der Waals surface area contributed by atoms with Crippen molar-refractivity contribution in [1.82, 2.24) is 4.90 Å². The molecule has 22 heavy (non-hydrogen) atoms. The molecule has 0 spiro atoms. The lowest BCUT2D eigenvalue weighted by molar-refractivity contribution is 0.0601. The SMILES string of the molecule is CC(C)CN(CC(C)C)CC(O)COc1ccccc1Cl.Cl. The molecule has 0 saturated carbocycles. The summed E-state index contributed by atoms with van der Waals surface area (Å²) in [6.45, 7) is 11.6. The largest absolute Gasteiger partial charge is 0.489 e. The Kier molecular flexibility index (Phi) is 10.9. The zero-order valence-electron chi connectivity index (χ0n) is 14.0. The van der Waals surface area contributed by atoms with Crippen LogP contribution >= 0.6 is 24.0 Å². The van der Waals surface area contributed by atoms with Crippen molar-refractivity contribution in [1.29, 1.82) is 0 Å². The summed E-state index contributed by atoms with van der Waals surface area (Å²) in [5.41, 5.74) is 0. The maximum Gasteiger partial charge on any atom is 0.138 e. The Morgan fingerprint density at radius 2 is 1.59 bits per heavy atom.